The third-order valence-electron chi connectivity index (χ3n) is 3.37. The summed E-state index contributed by atoms with van der Waals surface area (Å²) < 4.78 is 5.81. The van der Waals surface area contributed by atoms with Gasteiger partial charge in [0.05, 0.1) is 5.69 Å². The largest absolute Gasteiger partial charge is 0.454 e. The second kappa shape index (κ2) is 4.33. The van der Waals surface area contributed by atoms with Gasteiger partial charge >= 0.3 is 0 Å². The number of anilines is 1. The Kier molecular flexibility index (Phi) is 2.46. The molecule has 1 aromatic carbocycles. The van der Waals surface area contributed by atoms with Crippen molar-refractivity contribution in [2.45, 2.75) is 0 Å². The zero-order valence-corrected chi connectivity index (χ0v) is 11.6. The molecule has 0 fully saturated rings. The molecule has 2 N–H and O–H groups in total. The number of hydrogen-bond donors (Lipinski definition) is 1. The van der Waals surface area contributed by atoms with E-state index in [1.54, 1.807) is 0 Å². The van der Waals surface area contributed by atoms with Crippen molar-refractivity contribution in [3.63, 3.8) is 0 Å². The molecule has 0 atom stereocenters. The second-order valence-electron chi connectivity index (χ2n) is 4.65. The van der Waals surface area contributed by atoms with Crippen LogP contribution in [-0.4, -0.2) is 4.98 Å². The Hall–Kier alpha value is -2.84. The number of pyridine rings is 1. The zero-order valence-electron chi connectivity index (χ0n) is 10.8. The van der Waals surface area contributed by atoms with Crippen LogP contribution in [0.5, 0.6) is 0 Å². The summed E-state index contributed by atoms with van der Waals surface area (Å²) in [4.78, 5) is 5.81. The van der Waals surface area contributed by atoms with E-state index in [0.29, 0.717) is 16.3 Å². The predicted octanol–water partition coefficient (Wildman–Crippen LogP) is 4.16. The normalized spacial score (nSPS) is 11.0. The van der Waals surface area contributed by atoms with Gasteiger partial charge in [0, 0.05) is 10.8 Å². The topological polar surface area (TPSA) is 75.8 Å². The highest BCUT2D eigenvalue weighted by Crippen LogP contribution is 2.34. The van der Waals surface area contributed by atoms with Crippen LogP contribution in [-0.2, 0) is 0 Å². The number of nitriles is 1. The van der Waals surface area contributed by atoms with E-state index in [9.17, 15) is 0 Å². The van der Waals surface area contributed by atoms with Crippen LogP contribution < -0.4 is 5.73 Å². The maximum Gasteiger partial charge on any atom is 0.153 e. The van der Waals surface area contributed by atoms with Crippen LogP contribution in [0.25, 0.3) is 32.6 Å². The van der Waals surface area contributed by atoms with E-state index in [2.05, 4.69) is 11.1 Å². The monoisotopic (exact) mass is 291 g/mol. The third kappa shape index (κ3) is 1.77. The van der Waals surface area contributed by atoms with Gasteiger partial charge in [-0.25, -0.2) is 4.98 Å². The lowest BCUT2D eigenvalue weighted by atomic mass is 10.2. The Bertz CT molecular complexity index is 990. The molecular weight excluding hydrogens is 282 g/mol. The number of nitrogens with zero attached hydrogens (tertiary/aromatic N) is 2. The van der Waals surface area contributed by atoms with E-state index < -0.39 is 0 Å². The molecule has 0 saturated heterocycles. The lowest BCUT2D eigenvalue weighted by Crippen LogP contribution is -1.85. The zero-order chi connectivity index (χ0) is 14.4. The Morgan fingerprint density at radius 1 is 1.19 bits per heavy atom. The van der Waals surface area contributed by atoms with Crippen LogP contribution in [0.1, 0.15) is 4.88 Å². The molecule has 0 aliphatic heterocycles. The SMILES string of the molecule is N#Cc1sc2nc(-c3cc4ccccc4o3)ccc2c1N. The fourth-order valence-corrected chi connectivity index (χ4v) is 3.22. The molecule has 0 aliphatic carbocycles. The van der Waals surface area contributed by atoms with Crippen LogP contribution in [0.2, 0.25) is 0 Å². The first-order valence-corrected chi connectivity index (χ1v) is 7.16. The summed E-state index contributed by atoms with van der Waals surface area (Å²) in [5.41, 5.74) is 8.00. The molecule has 4 nitrogen and oxygen atoms in total. The number of rotatable bonds is 1. The number of thiophene rings is 1. The molecule has 4 rings (SSSR count). The average molecular weight is 291 g/mol. The van der Waals surface area contributed by atoms with E-state index >= 15 is 0 Å². The molecule has 3 aromatic heterocycles. The first kappa shape index (κ1) is 11.9. The summed E-state index contributed by atoms with van der Waals surface area (Å²) in [6, 6.07) is 15.6. The number of hydrogen-bond acceptors (Lipinski definition) is 5. The number of aromatic nitrogens is 1. The summed E-state index contributed by atoms with van der Waals surface area (Å²) in [7, 11) is 0. The predicted molar refractivity (Wildman–Crippen MR) is 84.0 cm³/mol. The van der Waals surface area contributed by atoms with Gasteiger partial charge in [0.15, 0.2) is 5.76 Å². The molecule has 0 bridgehead atoms. The number of furan rings is 1. The van der Waals surface area contributed by atoms with Crippen molar-refractivity contribution in [3.05, 3.63) is 47.3 Å². The molecule has 0 unspecified atom stereocenters. The van der Waals surface area contributed by atoms with Gasteiger partial charge in [0.1, 0.15) is 27.1 Å². The minimum atomic E-state index is 0.499. The van der Waals surface area contributed by atoms with Crippen molar-refractivity contribution in [2.75, 3.05) is 5.73 Å². The fourth-order valence-electron chi connectivity index (χ4n) is 2.33. The molecule has 0 saturated carbocycles. The molecule has 4 aromatic rings. The maximum atomic E-state index is 9.04. The molecule has 100 valence electrons. The average Bonchev–Trinajstić information content (AvgIpc) is 3.08. The van der Waals surface area contributed by atoms with Gasteiger partial charge in [-0.2, -0.15) is 5.26 Å². The molecule has 0 aliphatic rings. The molecule has 0 amide bonds. The first-order valence-electron chi connectivity index (χ1n) is 6.34. The van der Waals surface area contributed by atoms with Crippen LogP contribution >= 0.6 is 11.3 Å². The van der Waals surface area contributed by atoms with Gasteiger partial charge in [-0.1, -0.05) is 18.2 Å². The highest BCUT2D eigenvalue weighted by atomic mass is 32.1. The first-order chi connectivity index (χ1) is 10.3. The van der Waals surface area contributed by atoms with Crippen LogP contribution in [0.4, 0.5) is 5.69 Å². The van der Waals surface area contributed by atoms with Crippen molar-refractivity contribution in [3.8, 4) is 17.5 Å². The van der Waals surface area contributed by atoms with E-state index in [1.165, 1.54) is 11.3 Å². The van der Waals surface area contributed by atoms with Gasteiger partial charge in [0.2, 0.25) is 0 Å². The molecule has 5 heteroatoms. The van der Waals surface area contributed by atoms with E-state index in [1.807, 2.05) is 42.5 Å². The Balaban J connectivity index is 1.92. The summed E-state index contributed by atoms with van der Waals surface area (Å²) in [5.74, 6) is 0.712. The van der Waals surface area contributed by atoms with Gasteiger partial charge < -0.3 is 10.2 Å². The lowest BCUT2D eigenvalue weighted by Gasteiger charge is -1.96. The van der Waals surface area contributed by atoms with E-state index in [4.69, 9.17) is 15.4 Å². The molecule has 3 heterocycles. The minimum Gasteiger partial charge on any atom is -0.454 e. The highest BCUT2D eigenvalue weighted by molar-refractivity contribution is 7.19. The standard InChI is InChI=1S/C16H9N3OS/c17-8-14-15(18)10-5-6-11(19-16(10)21-14)13-7-9-3-1-2-4-12(9)20-13/h1-7H,18H2. The number of benzene rings is 1. The van der Waals surface area contributed by atoms with Crippen LogP contribution in [0.3, 0.4) is 0 Å². The number of fused-ring (bicyclic) bond motifs is 2. The number of nitrogen functional groups attached to an aromatic ring is 1. The summed E-state index contributed by atoms with van der Waals surface area (Å²) in [6.07, 6.45) is 0. The summed E-state index contributed by atoms with van der Waals surface area (Å²) in [6.45, 7) is 0. The Labute approximate surface area is 124 Å². The maximum absolute atomic E-state index is 9.04. The summed E-state index contributed by atoms with van der Waals surface area (Å²) >= 11 is 1.30. The van der Waals surface area contributed by atoms with Gasteiger partial charge in [-0.05, 0) is 24.3 Å². The van der Waals surface area contributed by atoms with Gasteiger partial charge in [-0.15, -0.1) is 11.3 Å². The van der Waals surface area contributed by atoms with Gasteiger partial charge in [-0.3, -0.25) is 0 Å². The Morgan fingerprint density at radius 2 is 2.05 bits per heavy atom. The second-order valence-corrected chi connectivity index (χ2v) is 5.65. The highest BCUT2D eigenvalue weighted by Gasteiger charge is 2.13. The van der Waals surface area contributed by atoms with Crippen molar-refractivity contribution >= 4 is 38.2 Å². The fraction of sp³-hybridized carbons (Fsp3) is 0. The lowest BCUT2D eigenvalue weighted by molar-refractivity contribution is 0.629. The summed E-state index contributed by atoms with van der Waals surface area (Å²) in [5, 5.41) is 10.9. The van der Waals surface area contributed by atoms with Crippen molar-refractivity contribution in [2.24, 2.45) is 0 Å². The van der Waals surface area contributed by atoms with Crippen LogP contribution in [0.15, 0.2) is 46.9 Å². The quantitative estimate of drug-likeness (QED) is 0.571. The van der Waals surface area contributed by atoms with Crippen molar-refractivity contribution in [1.29, 1.82) is 5.26 Å². The van der Waals surface area contributed by atoms with E-state index in [-0.39, 0.29) is 0 Å². The van der Waals surface area contributed by atoms with Crippen molar-refractivity contribution < 1.29 is 4.42 Å². The molecule has 21 heavy (non-hydrogen) atoms. The molecular formula is C16H9N3OS. The van der Waals surface area contributed by atoms with Crippen molar-refractivity contribution in [1.82, 2.24) is 4.98 Å². The van der Waals surface area contributed by atoms with Gasteiger partial charge in [0.25, 0.3) is 0 Å². The number of para-hydroxylation sites is 1. The molecule has 0 radical (unpaired) electrons. The van der Waals surface area contributed by atoms with E-state index in [0.717, 1.165) is 26.9 Å². The molecule has 0 spiro atoms. The third-order valence-corrected chi connectivity index (χ3v) is 4.39. The van der Waals surface area contributed by atoms with Crippen LogP contribution in [0, 0.1) is 11.3 Å². The Morgan fingerprint density at radius 3 is 2.86 bits per heavy atom. The number of nitrogens with two attached hydrogens (primary N) is 1. The smallest absolute Gasteiger partial charge is 0.153 e. The minimum absolute atomic E-state index is 0.499.